The number of primary amides is 1. The van der Waals surface area contributed by atoms with Gasteiger partial charge in [-0.25, -0.2) is 9.48 Å². The van der Waals surface area contributed by atoms with E-state index in [1.807, 2.05) is 30.3 Å². The van der Waals surface area contributed by atoms with Gasteiger partial charge in [0.25, 0.3) is 0 Å². The Morgan fingerprint density at radius 3 is 2.74 bits per heavy atom. The maximum Gasteiger partial charge on any atom is 0.404 e. The molecule has 2 aromatic carbocycles. The molecule has 8 nitrogen and oxygen atoms in total. The van der Waals surface area contributed by atoms with E-state index in [1.54, 1.807) is 29.1 Å². The van der Waals surface area contributed by atoms with Gasteiger partial charge in [-0.05, 0) is 30.3 Å². The van der Waals surface area contributed by atoms with Crippen molar-refractivity contribution in [1.29, 1.82) is 0 Å². The second-order valence-corrected chi connectivity index (χ2v) is 5.78. The molecule has 2 heterocycles. The van der Waals surface area contributed by atoms with Gasteiger partial charge in [-0.3, -0.25) is 4.79 Å². The highest BCUT2D eigenvalue weighted by Crippen LogP contribution is 2.22. The number of nitrogens with two attached hydrogens (primary N) is 1. The third-order valence-electron chi connectivity index (χ3n) is 3.94. The van der Waals surface area contributed by atoms with E-state index >= 15 is 0 Å². The van der Waals surface area contributed by atoms with Gasteiger partial charge in [-0.2, -0.15) is 0 Å². The molecule has 0 radical (unpaired) electrons. The molecule has 0 saturated carbocycles. The van der Waals surface area contributed by atoms with Gasteiger partial charge in [0.2, 0.25) is 0 Å². The molecule has 0 fully saturated rings. The van der Waals surface area contributed by atoms with E-state index < -0.39 is 6.09 Å². The summed E-state index contributed by atoms with van der Waals surface area (Å²) in [5.74, 6) is 0.217. The summed E-state index contributed by atoms with van der Waals surface area (Å²) in [4.78, 5) is 23.1. The Hall–Kier alpha value is -3.94. The monoisotopic (exact) mass is 362 g/mol. The fourth-order valence-electron chi connectivity index (χ4n) is 2.68. The Labute approximate surface area is 152 Å². The van der Waals surface area contributed by atoms with Gasteiger partial charge in [0.15, 0.2) is 12.0 Å². The predicted octanol–water partition coefficient (Wildman–Crippen LogP) is 2.64. The molecule has 0 aliphatic heterocycles. The summed E-state index contributed by atoms with van der Waals surface area (Å²) in [6.07, 6.45) is 0.849. The van der Waals surface area contributed by atoms with Crippen molar-refractivity contribution in [3.63, 3.8) is 0 Å². The third-order valence-corrected chi connectivity index (χ3v) is 3.94. The minimum absolute atomic E-state index is 0.201. The lowest BCUT2D eigenvalue weighted by atomic mass is 10.1. The van der Waals surface area contributed by atoms with Gasteiger partial charge in [-0.1, -0.05) is 23.4 Å². The van der Waals surface area contributed by atoms with Crippen LogP contribution in [0.1, 0.15) is 5.76 Å². The molecule has 0 aliphatic rings. The highest BCUT2D eigenvalue weighted by molar-refractivity contribution is 5.82. The average molecular weight is 362 g/mol. The van der Waals surface area contributed by atoms with Gasteiger partial charge < -0.3 is 14.9 Å². The predicted molar refractivity (Wildman–Crippen MR) is 97.2 cm³/mol. The maximum absolute atomic E-state index is 12.4. The summed E-state index contributed by atoms with van der Waals surface area (Å²) in [6, 6.07) is 16.0. The molecule has 0 unspecified atom stereocenters. The van der Waals surface area contributed by atoms with Crippen LogP contribution < -0.4 is 11.2 Å². The highest BCUT2D eigenvalue weighted by atomic mass is 16.6. The summed E-state index contributed by atoms with van der Waals surface area (Å²) in [7, 11) is 0. The zero-order chi connectivity index (χ0) is 18.8. The Balaban J connectivity index is 1.69. The molecule has 2 N–H and O–H groups in total. The van der Waals surface area contributed by atoms with Crippen LogP contribution in [0.25, 0.3) is 27.9 Å². The largest absolute Gasteiger partial charge is 0.457 e. The molecule has 0 spiro atoms. The molecule has 0 atom stereocenters. The Kier molecular flexibility index (Phi) is 4.13. The summed E-state index contributed by atoms with van der Waals surface area (Å²) in [6.45, 7) is -0.201. The number of aromatic nitrogens is 3. The van der Waals surface area contributed by atoms with Crippen LogP contribution in [0.3, 0.4) is 0 Å². The van der Waals surface area contributed by atoms with Crippen molar-refractivity contribution in [3.05, 3.63) is 76.8 Å². The lowest BCUT2D eigenvalue weighted by Gasteiger charge is -2.04. The lowest BCUT2D eigenvalue weighted by molar-refractivity contribution is 0.141. The number of carbonyl (C=O) groups is 1. The van der Waals surface area contributed by atoms with Crippen LogP contribution in [-0.4, -0.2) is 21.1 Å². The first-order valence-corrected chi connectivity index (χ1v) is 8.07. The van der Waals surface area contributed by atoms with Crippen LogP contribution in [-0.2, 0) is 11.3 Å². The van der Waals surface area contributed by atoms with E-state index in [4.69, 9.17) is 10.2 Å². The molecule has 1 amide bonds. The van der Waals surface area contributed by atoms with Crippen LogP contribution in [0, 0.1) is 0 Å². The van der Waals surface area contributed by atoms with E-state index in [-0.39, 0.29) is 17.8 Å². The number of amides is 1. The van der Waals surface area contributed by atoms with Crippen LogP contribution in [0.4, 0.5) is 4.79 Å². The minimum Gasteiger partial charge on any atom is -0.457 e. The van der Waals surface area contributed by atoms with Crippen molar-refractivity contribution in [2.24, 2.45) is 5.73 Å². The van der Waals surface area contributed by atoms with Crippen LogP contribution in [0.15, 0.2) is 70.0 Å². The van der Waals surface area contributed by atoms with Crippen molar-refractivity contribution in [2.75, 3.05) is 0 Å². The molecule has 0 saturated heterocycles. The van der Waals surface area contributed by atoms with E-state index in [2.05, 4.69) is 15.0 Å². The second-order valence-electron chi connectivity index (χ2n) is 5.78. The molecular formula is C19H14N4O4. The molecule has 4 aromatic rings. The maximum atomic E-state index is 12.4. The quantitative estimate of drug-likeness (QED) is 0.597. The first-order chi connectivity index (χ1) is 13.1. The van der Waals surface area contributed by atoms with Gasteiger partial charge in [0.1, 0.15) is 17.0 Å². The van der Waals surface area contributed by atoms with E-state index in [0.29, 0.717) is 16.7 Å². The zero-order valence-corrected chi connectivity index (χ0v) is 14.0. The first kappa shape index (κ1) is 16.5. The van der Waals surface area contributed by atoms with Crippen molar-refractivity contribution in [1.82, 2.24) is 15.0 Å². The SMILES string of the molecule is NC(=O)OCc1cc(=O)c2cc(-c3cn(-c4ccccc4)nn3)ccc2o1. The standard InChI is InChI=1S/C19H14N4O4/c20-19(25)26-11-14-9-17(24)15-8-12(6-7-18(15)27-14)16-10-23(22-21-16)13-4-2-1-3-5-13/h1-10H,11H2,(H2,20,25). The summed E-state index contributed by atoms with van der Waals surface area (Å²) < 4.78 is 11.9. The van der Waals surface area contributed by atoms with E-state index in [9.17, 15) is 9.59 Å². The van der Waals surface area contributed by atoms with Gasteiger partial charge in [0, 0.05) is 11.6 Å². The lowest BCUT2D eigenvalue weighted by Crippen LogP contribution is -2.13. The fraction of sp³-hybridized carbons (Fsp3) is 0.0526. The summed E-state index contributed by atoms with van der Waals surface area (Å²) in [5, 5.41) is 8.69. The molecular weight excluding hydrogens is 348 g/mol. The number of benzene rings is 2. The minimum atomic E-state index is -0.936. The third kappa shape index (κ3) is 3.40. The molecule has 27 heavy (non-hydrogen) atoms. The van der Waals surface area contributed by atoms with Crippen LogP contribution in [0.5, 0.6) is 0 Å². The molecule has 2 aromatic heterocycles. The number of nitrogens with zero attached hydrogens (tertiary/aromatic N) is 3. The smallest absolute Gasteiger partial charge is 0.404 e. The van der Waals surface area contributed by atoms with Gasteiger partial charge in [-0.15, -0.1) is 5.10 Å². The number of para-hydroxylation sites is 1. The molecule has 8 heteroatoms. The molecule has 0 aliphatic carbocycles. The Morgan fingerprint density at radius 1 is 1.15 bits per heavy atom. The van der Waals surface area contributed by atoms with Gasteiger partial charge >= 0.3 is 6.09 Å². The van der Waals surface area contributed by atoms with Crippen molar-refractivity contribution in [2.45, 2.75) is 6.61 Å². The first-order valence-electron chi connectivity index (χ1n) is 8.07. The number of hydrogen-bond acceptors (Lipinski definition) is 6. The topological polar surface area (TPSA) is 113 Å². The Morgan fingerprint density at radius 2 is 1.96 bits per heavy atom. The summed E-state index contributed by atoms with van der Waals surface area (Å²) >= 11 is 0. The van der Waals surface area contributed by atoms with Crippen molar-refractivity contribution < 1.29 is 13.9 Å². The zero-order valence-electron chi connectivity index (χ0n) is 14.0. The fourth-order valence-corrected chi connectivity index (χ4v) is 2.68. The molecule has 0 bridgehead atoms. The second kappa shape index (κ2) is 6.75. The normalized spacial score (nSPS) is 10.8. The van der Waals surface area contributed by atoms with Crippen molar-refractivity contribution in [3.8, 4) is 16.9 Å². The number of rotatable bonds is 4. The van der Waals surface area contributed by atoms with Crippen LogP contribution >= 0.6 is 0 Å². The van der Waals surface area contributed by atoms with Crippen molar-refractivity contribution >= 4 is 17.1 Å². The highest BCUT2D eigenvalue weighted by Gasteiger charge is 2.10. The number of ether oxygens (including phenoxy) is 1. The number of fused-ring (bicyclic) bond motifs is 1. The molecule has 134 valence electrons. The van der Waals surface area contributed by atoms with Crippen LogP contribution in [0.2, 0.25) is 0 Å². The van der Waals surface area contributed by atoms with E-state index in [0.717, 1.165) is 11.3 Å². The molecule has 4 rings (SSSR count). The van der Waals surface area contributed by atoms with Gasteiger partial charge in [0.05, 0.1) is 17.3 Å². The summed E-state index contributed by atoms with van der Waals surface area (Å²) in [5.41, 5.74) is 7.30. The Bertz CT molecular complexity index is 1180. The average Bonchev–Trinajstić information content (AvgIpc) is 3.17. The van der Waals surface area contributed by atoms with E-state index in [1.165, 1.54) is 6.07 Å². The number of carbonyl (C=O) groups excluding carboxylic acids is 1. The number of hydrogen-bond donors (Lipinski definition) is 1.